The summed E-state index contributed by atoms with van der Waals surface area (Å²) >= 11 is 0. The molecule has 2 aromatic rings. The topological polar surface area (TPSA) is 101 Å². The molecule has 6 nitrogen and oxygen atoms in total. The summed E-state index contributed by atoms with van der Waals surface area (Å²) in [5.74, 6) is -1.53. The quantitative estimate of drug-likeness (QED) is 0.773. The van der Waals surface area contributed by atoms with Crippen LogP contribution in [0.1, 0.15) is 29.8 Å². The third-order valence-electron chi connectivity index (χ3n) is 4.34. The summed E-state index contributed by atoms with van der Waals surface area (Å²) in [5.41, 5.74) is -0.430. The maximum absolute atomic E-state index is 12.3. The number of aliphatic carboxylic acids is 1. The van der Waals surface area contributed by atoms with Gasteiger partial charge in [0.15, 0.2) is 9.84 Å². The molecule has 1 atom stereocenters. The minimum Gasteiger partial charge on any atom is -0.481 e. The smallest absolute Gasteiger partial charge is 0.315 e. The van der Waals surface area contributed by atoms with Gasteiger partial charge in [-0.25, -0.2) is 8.42 Å². The number of carbonyl (C=O) groups excluding carboxylic acids is 1. The van der Waals surface area contributed by atoms with Crippen molar-refractivity contribution in [3.8, 4) is 0 Å². The van der Waals surface area contributed by atoms with Crippen LogP contribution in [0.2, 0.25) is 0 Å². The highest BCUT2D eigenvalue weighted by Crippen LogP contribution is 2.23. The molecule has 2 aromatic carbocycles. The average Bonchev–Trinajstić information content (AvgIpc) is 2.66. The van der Waals surface area contributed by atoms with Gasteiger partial charge >= 0.3 is 5.97 Å². The third kappa shape index (κ3) is 4.11. The molecule has 0 saturated heterocycles. The lowest BCUT2D eigenvalue weighted by Gasteiger charge is -2.25. The third-order valence-corrected chi connectivity index (χ3v) is 6.09. The van der Waals surface area contributed by atoms with Crippen molar-refractivity contribution >= 4 is 21.7 Å². The number of nitrogens with one attached hydrogen (secondary N) is 1. The fraction of sp³-hybridized carbons (Fsp3) is 0.263. The Balaban J connectivity index is 2.15. The van der Waals surface area contributed by atoms with E-state index in [1.807, 2.05) is 0 Å². The predicted octanol–water partition coefficient (Wildman–Crippen LogP) is 2.25. The molecule has 1 unspecified atom stereocenters. The van der Waals surface area contributed by atoms with Crippen molar-refractivity contribution in [2.75, 3.05) is 12.3 Å². The fourth-order valence-electron chi connectivity index (χ4n) is 2.45. The molecule has 138 valence electrons. The Kier molecular flexibility index (Phi) is 5.82. The Hall–Kier alpha value is -2.67. The predicted molar refractivity (Wildman–Crippen MR) is 97.9 cm³/mol. The number of carbonyl (C=O) groups is 2. The Morgan fingerprint density at radius 3 is 2.12 bits per heavy atom. The first kappa shape index (κ1) is 19.7. The molecule has 0 aliphatic heterocycles. The normalized spacial score (nSPS) is 13.6. The van der Waals surface area contributed by atoms with Crippen LogP contribution in [0.15, 0.2) is 59.5 Å². The molecule has 1 amide bonds. The lowest BCUT2D eigenvalue weighted by atomic mass is 9.82. The maximum atomic E-state index is 12.3. The van der Waals surface area contributed by atoms with Crippen molar-refractivity contribution in [2.45, 2.75) is 24.2 Å². The Morgan fingerprint density at radius 2 is 1.62 bits per heavy atom. The Bertz CT molecular complexity index is 891. The number of sulfone groups is 1. The largest absolute Gasteiger partial charge is 0.481 e. The highest BCUT2D eigenvalue weighted by Gasteiger charge is 2.35. The van der Waals surface area contributed by atoms with Gasteiger partial charge in [-0.1, -0.05) is 37.3 Å². The zero-order valence-corrected chi connectivity index (χ0v) is 15.4. The molecule has 0 fully saturated rings. The number of hydrogen-bond donors (Lipinski definition) is 2. The van der Waals surface area contributed by atoms with E-state index in [0.717, 1.165) is 0 Å². The molecule has 26 heavy (non-hydrogen) atoms. The monoisotopic (exact) mass is 375 g/mol. The molecule has 0 spiro atoms. The van der Waals surface area contributed by atoms with E-state index in [4.69, 9.17) is 0 Å². The zero-order chi connectivity index (χ0) is 19.4. The summed E-state index contributed by atoms with van der Waals surface area (Å²) in [7, 11) is -3.33. The second-order valence-corrected chi connectivity index (χ2v) is 8.39. The van der Waals surface area contributed by atoms with E-state index in [1.165, 1.54) is 24.3 Å². The van der Waals surface area contributed by atoms with Crippen molar-refractivity contribution in [2.24, 2.45) is 0 Å². The van der Waals surface area contributed by atoms with Crippen LogP contribution < -0.4 is 5.32 Å². The molecule has 0 saturated carbocycles. The van der Waals surface area contributed by atoms with Crippen molar-refractivity contribution in [3.63, 3.8) is 0 Å². The molecular weight excluding hydrogens is 354 g/mol. The van der Waals surface area contributed by atoms with Gasteiger partial charge in [-0.3, -0.25) is 9.59 Å². The van der Waals surface area contributed by atoms with Gasteiger partial charge in [-0.2, -0.15) is 0 Å². The highest BCUT2D eigenvalue weighted by molar-refractivity contribution is 7.91. The number of amides is 1. The van der Waals surface area contributed by atoms with Gasteiger partial charge in [0.2, 0.25) is 0 Å². The second kappa shape index (κ2) is 7.70. The summed E-state index contributed by atoms with van der Waals surface area (Å²) in [5, 5.41) is 12.2. The van der Waals surface area contributed by atoms with Gasteiger partial charge in [0, 0.05) is 12.1 Å². The van der Waals surface area contributed by atoms with Crippen LogP contribution in [0.4, 0.5) is 0 Å². The van der Waals surface area contributed by atoms with Crippen molar-refractivity contribution < 1.29 is 23.1 Å². The summed E-state index contributed by atoms with van der Waals surface area (Å²) in [6.45, 7) is 2.99. The van der Waals surface area contributed by atoms with Crippen molar-refractivity contribution in [1.82, 2.24) is 5.32 Å². The van der Waals surface area contributed by atoms with E-state index in [9.17, 15) is 23.1 Å². The van der Waals surface area contributed by atoms with E-state index >= 15 is 0 Å². The van der Waals surface area contributed by atoms with E-state index in [1.54, 1.807) is 44.2 Å². The maximum Gasteiger partial charge on any atom is 0.315 e. The van der Waals surface area contributed by atoms with Gasteiger partial charge in [-0.05, 0) is 36.8 Å². The molecule has 0 aliphatic rings. The molecular formula is C19H21NO5S. The summed E-state index contributed by atoms with van der Waals surface area (Å²) < 4.78 is 23.6. The molecule has 2 N–H and O–H groups in total. The first-order valence-electron chi connectivity index (χ1n) is 8.10. The number of carboxylic acids is 1. The second-order valence-electron chi connectivity index (χ2n) is 6.11. The van der Waals surface area contributed by atoms with Gasteiger partial charge in [-0.15, -0.1) is 0 Å². The molecule has 0 aromatic heterocycles. The summed E-state index contributed by atoms with van der Waals surface area (Å²) in [4.78, 5) is 24.2. The van der Waals surface area contributed by atoms with Gasteiger partial charge in [0.05, 0.1) is 10.6 Å². The first-order valence-corrected chi connectivity index (χ1v) is 9.76. The van der Waals surface area contributed by atoms with E-state index < -0.39 is 27.1 Å². The van der Waals surface area contributed by atoms with Crippen molar-refractivity contribution in [3.05, 3.63) is 65.7 Å². The highest BCUT2D eigenvalue weighted by atomic mass is 32.2. The minimum atomic E-state index is -3.33. The molecule has 2 rings (SSSR count). The lowest BCUT2D eigenvalue weighted by Crippen LogP contribution is -2.44. The average molecular weight is 375 g/mol. The molecule has 0 bridgehead atoms. The van der Waals surface area contributed by atoms with Crippen LogP contribution in [-0.2, 0) is 20.0 Å². The SMILES string of the molecule is CCS(=O)(=O)c1ccc(C(=O)NCC(C)(C(=O)O)c2ccccc2)cc1. The number of rotatable bonds is 7. The molecule has 0 heterocycles. The zero-order valence-electron chi connectivity index (χ0n) is 14.6. The Morgan fingerprint density at radius 1 is 1.04 bits per heavy atom. The molecule has 0 radical (unpaired) electrons. The molecule has 0 aliphatic carbocycles. The van der Waals surface area contributed by atoms with Crippen LogP contribution in [0.5, 0.6) is 0 Å². The number of carboxylic acid groups (broad SMARTS) is 1. The molecule has 7 heteroatoms. The van der Waals surface area contributed by atoms with Gasteiger partial charge in [0.25, 0.3) is 5.91 Å². The first-order chi connectivity index (χ1) is 12.2. The minimum absolute atomic E-state index is 0.0212. The van der Waals surface area contributed by atoms with E-state index in [2.05, 4.69) is 5.32 Å². The summed E-state index contributed by atoms with van der Waals surface area (Å²) in [6.07, 6.45) is 0. The van der Waals surface area contributed by atoms with Crippen LogP contribution >= 0.6 is 0 Å². The van der Waals surface area contributed by atoms with Crippen LogP contribution in [0.3, 0.4) is 0 Å². The van der Waals surface area contributed by atoms with E-state index in [-0.39, 0.29) is 22.8 Å². The van der Waals surface area contributed by atoms with Crippen molar-refractivity contribution in [1.29, 1.82) is 0 Å². The van der Waals surface area contributed by atoms with Crippen LogP contribution in [0, 0.1) is 0 Å². The Labute approximate surface area is 152 Å². The van der Waals surface area contributed by atoms with Crippen LogP contribution in [0.25, 0.3) is 0 Å². The van der Waals surface area contributed by atoms with Gasteiger partial charge in [0.1, 0.15) is 5.41 Å². The number of hydrogen-bond acceptors (Lipinski definition) is 4. The van der Waals surface area contributed by atoms with Crippen LogP contribution in [-0.4, -0.2) is 37.7 Å². The standard InChI is InChI=1S/C19H21NO5S/c1-3-26(24,25)16-11-9-14(10-12-16)17(21)20-13-19(2,18(22)23)15-7-5-4-6-8-15/h4-12H,3,13H2,1-2H3,(H,20,21)(H,22,23). The summed E-state index contributed by atoms with van der Waals surface area (Å²) in [6, 6.07) is 14.3. The van der Waals surface area contributed by atoms with E-state index in [0.29, 0.717) is 5.56 Å². The lowest BCUT2D eigenvalue weighted by molar-refractivity contribution is -0.142. The van der Waals surface area contributed by atoms with Gasteiger partial charge < -0.3 is 10.4 Å². The number of benzene rings is 2. The fourth-order valence-corrected chi connectivity index (χ4v) is 3.33.